The van der Waals surface area contributed by atoms with E-state index in [1.165, 1.54) is 0 Å². The highest BCUT2D eigenvalue weighted by Gasteiger charge is 2.40. The van der Waals surface area contributed by atoms with Crippen LogP contribution in [0.2, 0.25) is 0 Å². The van der Waals surface area contributed by atoms with E-state index in [4.69, 9.17) is 0 Å². The van der Waals surface area contributed by atoms with Gasteiger partial charge in [0.05, 0.1) is 12.2 Å². The van der Waals surface area contributed by atoms with Gasteiger partial charge in [-0.3, -0.25) is 0 Å². The number of nitrogens with one attached hydrogen (secondary N) is 1. The molecule has 1 aliphatic carbocycles. The lowest BCUT2D eigenvalue weighted by Gasteiger charge is -2.39. The maximum absolute atomic E-state index is 9.93. The Kier molecular flexibility index (Phi) is 4.35. The van der Waals surface area contributed by atoms with Crippen LogP contribution in [0.15, 0.2) is 30.3 Å². The number of hydrogen-bond acceptors (Lipinski definition) is 4. The molecule has 0 aliphatic heterocycles. The standard InChI is InChI=1S/C14H21NO3/c1-9-7-11(13(17)14(18)12(9)16)15-8-10-5-3-2-4-6-10/h2-6,9,11-18H,7-8H2,1H3/t9-,11-,12-,13-,14-/m1/s1. The normalized spacial score (nSPS) is 36.6. The van der Waals surface area contributed by atoms with Crippen molar-refractivity contribution in [1.29, 1.82) is 0 Å². The monoisotopic (exact) mass is 251 g/mol. The SMILES string of the molecule is C[C@@H]1C[C@@H](NCc2ccccc2)[C@@H](O)[C@H](O)[C@@H]1O. The summed E-state index contributed by atoms with van der Waals surface area (Å²) < 4.78 is 0. The van der Waals surface area contributed by atoms with Gasteiger partial charge in [0.1, 0.15) is 6.10 Å². The van der Waals surface area contributed by atoms with Crippen LogP contribution in [0, 0.1) is 5.92 Å². The van der Waals surface area contributed by atoms with Crippen molar-refractivity contribution in [2.45, 2.75) is 44.2 Å². The van der Waals surface area contributed by atoms with Gasteiger partial charge in [-0.15, -0.1) is 0 Å². The summed E-state index contributed by atoms with van der Waals surface area (Å²) in [4.78, 5) is 0. The van der Waals surface area contributed by atoms with E-state index in [0.717, 1.165) is 5.56 Å². The fraction of sp³-hybridized carbons (Fsp3) is 0.571. The van der Waals surface area contributed by atoms with Gasteiger partial charge in [0.2, 0.25) is 0 Å². The van der Waals surface area contributed by atoms with E-state index in [-0.39, 0.29) is 12.0 Å². The highest BCUT2D eigenvalue weighted by atomic mass is 16.4. The van der Waals surface area contributed by atoms with E-state index in [9.17, 15) is 15.3 Å². The number of hydrogen-bond donors (Lipinski definition) is 4. The van der Waals surface area contributed by atoms with Gasteiger partial charge in [-0.2, -0.15) is 0 Å². The van der Waals surface area contributed by atoms with Gasteiger partial charge in [0, 0.05) is 12.6 Å². The van der Waals surface area contributed by atoms with Gasteiger partial charge in [-0.05, 0) is 17.9 Å². The smallest absolute Gasteiger partial charge is 0.107 e. The minimum absolute atomic E-state index is 0.0170. The van der Waals surface area contributed by atoms with Crippen LogP contribution in [0.1, 0.15) is 18.9 Å². The third kappa shape index (κ3) is 2.90. The van der Waals surface area contributed by atoms with Gasteiger partial charge in [-0.1, -0.05) is 37.3 Å². The predicted molar refractivity (Wildman–Crippen MR) is 68.9 cm³/mol. The number of aliphatic hydroxyl groups is 3. The van der Waals surface area contributed by atoms with E-state index in [0.29, 0.717) is 13.0 Å². The lowest BCUT2D eigenvalue weighted by Crippen LogP contribution is -2.57. The Hall–Kier alpha value is -0.940. The molecule has 4 N–H and O–H groups in total. The molecule has 2 rings (SSSR count). The van der Waals surface area contributed by atoms with Crippen molar-refractivity contribution in [1.82, 2.24) is 5.32 Å². The Morgan fingerprint density at radius 3 is 2.39 bits per heavy atom. The first-order chi connectivity index (χ1) is 8.59. The molecule has 0 amide bonds. The summed E-state index contributed by atoms with van der Waals surface area (Å²) in [6.07, 6.45) is -2.16. The molecule has 1 aliphatic rings. The van der Waals surface area contributed by atoms with Crippen molar-refractivity contribution in [2.75, 3.05) is 0 Å². The fourth-order valence-electron chi connectivity index (χ4n) is 2.50. The summed E-state index contributed by atoms with van der Waals surface area (Å²) in [7, 11) is 0. The van der Waals surface area contributed by atoms with E-state index >= 15 is 0 Å². The molecule has 1 aromatic rings. The highest BCUT2D eigenvalue weighted by molar-refractivity contribution is 5.14. The Labute approximate surface area is 107 Å². The summed E-state index contributed by atoms with van der Waals surface area (Å²) in [6.45, 7) is 2.54. The molecular weight excluding hydrogens is 230 g/mol. The van der Waals surface area contributed by atoms with Gasteiger partial charge >= 0.3 is 0 Å². The Balaban J connectivity index is 1.93. The van der Waals surface area contributed by atoms with Crippen LogP contribution in [-0.4, -0.2) is 39.7 Å². The molecule has 0 heterocycles. The minimum Gasteiger partial charge on any atom is -0.390 e. The molecule has 0 aromatic heterocycles. The highest BCUT2D eigenvalue weighted by Crippen LogP contribution is 2.25. The van der Waals surface area contributed by atoms with Crippen molar-refractivity contribution < 1.29 is 15.3 Å². The minimum atomic E-state index is -1.07. The van der Waals surface area contributed by atoms with Crippen LogP contribution in [0.5, 0.6) is 0 Å². The molecule has 5 atom stereocenters. The zero-order chi connectivity index (χ0) is 13.1. The summed E-state index contributed by atoms with van der Waals surface area (Å²) in [5.41, 5.74) is 1.14. The first-order valence-electron chi connectivity index (χ1n) is 6.41. The van der Waals surface area contributed by atoms with Crippen molar-refractivity contribution in [3.8, 4) is 0 Å². The Morgan fingerprint density at radius 1 is 1.06 bits per heavy atom. The molecule has 1 aromatic carbocycles. The third-order valence-electron chi connectivity index (χ3n) is 3.73. The van der Waals surface area contributed by atoms with Gasteiger partial charge in [-0.25, -0.2) is 0 Å². The molecular formula is C14H21NO3. The quantitative estimate of drug-likeness (QED) is 0.622. The molecule has 1 fully saturated rings. The van der Waals surface area contributed by atoms with Gasteiger partial charge in [0.25, 0.3) is 0 Å². The zero-order valence-electron chi connectivity index (χ0n) is 10.5. The molecule has 0 bridgehead atoms. The molecule has 100 valence electrons. The molecule has 1 saturated carbocycles. The van der Waals surface area contributed by atoms with Crippen LogP contribution < -0.4 is 5.32 Å². The maximum atomic E-state index is 9.93. The second kappa shape index (κ2) is 5.80. The molecule has 0 unspecified atom stereocenters. The molecule has 0 radical (unpaired) electrons. The average Bonchev–Trinajstić information content (AvgIpc) is 2.40. The Bertz CT molecular complexity index is 371. The topological polar surface area (TPSA) is 72.7 Å². The molecule has 0 saturated heterocycles. The van der Waals surface area contributed by atoms with Crippen molar-refractivity contribution >= 4 is 0 Å². The van der Waals surface area contributed by atoms with Crippen LogP contribution >= 0.6 is 0 Å². The van der Waals surface area contributed by atoms with Crippen molar-refractivity contribution in [3.05, 3.63) is 35.9 Å². The predicted octanol–water partition coefficient (Wildman–Crippen LogP) is 0.267. The average molecular weight is 251 g/mol. The van der Waals surface area contributed by atoms with E-state index in [1.807, 2.05) is 37.3 Å². The summed E-state index contributed by atoms with van der Waals surface area (Å²) in [5.74, 6) is -0.0170. The second-order valence-corrected chi connectivity index (χ2v) is 5.16. The molecule has 18 heavy (non-hydrogen) atoms. The van der Waals surface area contributed by atoms with Gasteiger partial charge in [0.15, 0.2) is 0 Å². The summed E-state index contributed by atoms with van der Waals surface area (Å²) >= 11 is 0. The van der Waals surface area contributed by atoms with Crippen molar-refractivity contribution in [3.63, 3.8) is 0 Å². The first-order valence-corrected chi connectivity index (χ1v) is 6.41. The number of benzene rings is 1. The first kappa shape index (κ1) is 13.5. The van der Waals surface area contributed by atoms with E-state index in [1.54, 1.807) is 0 Å². The number of rotatable bonds is 3. The van der Waals surface area contributed by atoms with Crippen LogP contribution in [-0.2, 0) is 6.54 Å². The zero-order valence-corrected chi connectivity index (χ0v) is 10.5. The van der Waals surface area contributed by atoms with Gasteiger partial charge < -0.3 is 20.6 Å². The summed E-state index contributed by atoms with van der Waals surface area (Å²) in [6, 6.07) is 9.73. The summed E-state index contributed by atoms with van der Waals surface area (Å²) in [5, 5.41) is 32.6. The maximum Gasteiger partial charge on any atom is 0.107 e. The van der Waals surface area contributed by atoms with Crippen LogP contribution in [0.4, 0.5) is 0 Å². The van der Waals surface area contributed by atoms with Crippen LogP contribution in [0.3, 0.4) is 0 Å². The molecule has 4 heteroatoms. The van der Waals surface area contributed by atoms with E-state index < -0.39 is 18.3 Å². The molecule has 4 nitrogen and oxygen atoms in total. The Morgan fingerprint density at radius 2 is 1.72 bits per heavy atom. The fourth-order valence-corrected chi connectivity index (χ4v) is 2.50. The lowest BCUT2D eigenvalue weighted by molar-refractivity contribution is -0.120. The van der Waals surface area contributed by atoms with Crippen LogP contribution in [0.25, 0.3) is 0 Å². The largest absolute Gasteiger partial charge is 0.390 e. The second-order valence-electron chi connectivity index (χ2n) is 5.16. The van der Waals surface area contributed by atoms with Crippen molar-refractivity contribution in [2.24, 2.45) is 5.92 Å². The third-order valence-corrected chi connectivity index (χ3v) is 3.73. The number of aliphatic hydroxyl groups excluding tert-OH is 3. The lowest BCUT2D eigenvalue weighted by atomic mass is 9.80. The van der Waals surface area contributed by atoms with E-state index in [2.05, 4.69) is 5.32 Å². The molecule has 0 spiro atoms.